The summed E-state index contributed by atoms with van der Waals surface area (Å²) in [5, 5.41) is 2.87. The van der Waals surface area contributed by atoms with Crippen molar-refractivity contribution in [2.45, 2.75) is 13.5 Å². The lowest BCUT2D eigenvalue weighted by molar-refractivity contribution is 0.0954. The molecular formula is C15H17ClN4O2S. The minimum atomic E-state index is -0.147. The number of hydrogen-bond donors (Lipinski definition) is 1. The van der Waals surface area contributed by atoms with Crippen LogP contribution in [0.4, 0.5) is 5.95 Å². The van der Waals surface area contributed by atoms with E-state index in [0.29, 0.717) is 34.9 Å². The van der Waals surface area contributed by atoms with Crippen molar-refractivity contribution in [1.82, 2.24) is 15.3 Å². The van der Waals surface area contributed by atoms with E-state index in [1.807, 2.05) is 13.0 Å². The minimum Gasteiger partial charge on any atom is -0.378 e. The van der Waals surface area contributed by atoms with Gasteiger partial charge >= 0.3 is 0 Å². The lowest BCUT2D eigenvalue weighted by Gasteiger charge is -2.27. The maximum absolute atomic E-state index is 12.1. The Labute approximate surface area is 143 Å². The van der Waals surface area contributed by atoms with Crippen LogP contribution in [0.1, 0.15) is 21.1 Å². The van der Waals surface area contributed by atoms with Gasteiger partial charge in [0.15, 0.2) is 0 Å². The number of thiophene rings is 1. The zero-order chi connectivity index (χ0) is 16.2. The number of ether oxygens (including phenoxy) is 1. The number of carbonyl (C=O) groups excluding carboxylic acids is 1. The molecule has 0 aromatic carbocycles. The summed E-state index contributed by atoms with van der Waals surface area (Å²) >= 11 is 7.11. The van der Waals surface area contributed by atoms with Crippen molar-refractivity contribution in [3.05, 3.63) is 38.8 Å². The highest BCUT2D eigenvalue weighted by atomic mass is 35.5. The first-order valence-electron chi connectivity index (χ1n) is 7.32. The number of nitrogens with one attached hydrogen (secondary N) is 1. The van der Waals surface area contributed by atoms with Gasteiger partial charge in [-0.15, -0.1) is 11.3 Å². The topological polar surface area (TPSA) is 67.4 Å². The Bertz CT molecular complexity index is 701. The van der Waals surface area contributed by atoms with Crippen molar-refractivity contribution in [1.29, 1.82) is 0 Å². The van der Waals surface area contributed by atoms with Crippen molar-refractivity contribution in [2.24, 2.45) is 0 Å². The minimum absolute atomic E-state index is 0.147. The molecule has 23 heavy (non-hydrogen) atoms. The Balaban J connectivity index is 1.67. The summed E-state index contributed by atoms with van der Waals surface area (Å²) in [6.45, 7) is 5.21. The molecule has 0 radical (unpaired) electrons. The third kappa shape index (κ3) is 4.19. The second-order valence-corrected chi connectivity index (χ2v) is 6.90. The molecule has 0 unspecified atom stereocenters. The summed E-state index contributed by atoms with van der Waals surface area (Å²) in [7, 11) is 0. The van der Waals surface area contributed by atoms with Gasteiger partial charge in [-0.05, 0) is 25.1 Å². The fourth-order valence-electron chi connectivity index (χ4n) is 2.31. The Morgan fingerprint density at radius 1 is 1.39 bits per heavy atom. The van der Waals surface area contributed by atoms with Crippen molar-refractivity contribution in [3.8, 4) is 0 Å². The number of carbonyl (C=O) groups is 1. The van der Waals surface area contributed by atoms with E-state index in [1.165, 1.54) is 11.3 Å². The molecule has 0 aliphatic carbocycles. The van der Waals surface area contributed by atoms with E-state index >= 15 is 0 Å². The quantitative estimate of drug-likeness (QED) is 0.914. The summed E-state index contributed by atoms with van der Waals surface area (Å²) in [4.78, 5) is 23.8. The number of rotatable bonds is 4. The van der Waals surface area contributed by atoms with E-state index in [0.717, 1.165) is 24.5 Å². The predicted octanol–water partition coefficient (Wildman–Crippen LogP) is 2.27. The van der Waals surface area contributed by atoms with E-state index in [1.54, 1.807) is 12.1 Å². The second-order valence-electron chi connectivity index (χ2n) is 5.19. The highest BCUT2D eigenvalue weighted by Gasteiger charge is 2.15. The monoisotopic (exact) mass is 352 g/mol. The highest BCUT2D eigenvalue weighted by Crippen LogP contribution is 2.21. The van der Waals surface area contributed by atoms with Gasteiger partial charge in [0.05, 0.1) is 34.7 Å². The molecule has 1 N–H and O–H groups in total. The third-order valence-corrected chi connectivity index (χ3v) is 4.65. The van der Waals surface area contributed by atoms with Crippen LogP contribution in [0.15, 0.2) is 18.2 Å². The smallest absolute Gasteiger partial charge is 0.261 e. The molecule has 0 atom stereocenters. The van der Waals surface area contributed by atoms with Gasteiger partial charge in [-0.25, -0.2) is 9.97 Å². The van der Waals surface area contributed by atoms with E-state index in [2.05, 4.69) is 20.2 Å². The van der Waals surface area contributed by atoms with Crippen LogP contribution >= 0.6 is 22.9 Å². The summed E-state index contributed by atoms with van der Waals surface area (Å²) in [5.41, 5.74) is 1.67. The molecule has 1 saturated heterocycles. The Kier molecular flexibility index (Phi) is 5.09. The molecule has 3 heterocycles. The summed E-state index contributed by atoms with van der Waals surface area (Å²) in [6.07, 6.45) is 0. The van der Waals surface area contributed by atoms with Gasteiger partial charge in [0.1, 0.15) is 0 Å². The Morgan fingerprint density at radius 3 is 2.87 bits per heavy atom. The van der Waals surface area contributed by atoms with Crippen molar-refractivity contribution in [3.63, 3.8) is 0 Å². The molecule has 2 aromatic rings. The number of nitrogens with zero attached hydrogens (tertiary/aromatic N) is 3. The number of halogens is 1. The lowest BCUT2D eigenvalue weighted by Crippen LogP contribution is -2.37. The molecule has 8 heteroatoms. The molecule has 2 aromatic heterocycles. The maximum atomic E-state index is 12.1. The maximum Gasteiger partial charge on any atom is 0.261 e. The first kappa shape index (κ1) is 16.2. The second kappa shape index (κ2) is 7.25. The zero-order valence-corrected chi connectivity index (χ0v) is 14.3. The first-order valence-corrected chi connectivity index (χ1v) is 8.52. The number of amides is 1. The number of anilines is 1. The van der Waals surface area contributed by atoms with Crippen LogP contribution in [-0.4, -0.2) is 42.2 Å². The van der Waals surface area contributed by atoms with Crippen molar-refractivity contribution in [2.75, 3.05) is 31.2 Å². The van der Waals surface area contributed by atoms with Gasteiger partial charge in [0.25, 0.3) is 5.91 Å². The lowest BCUT2D eigenvalue weighted by atomic mass is 10.3. The van der Waals surface area contributed by atoms with E-state index in [4.69, 9.17) is 16.3 Å². The van der Waals surface area contributed by atoms with Crippen LogP contribution in [0.5, 0.6) is 0 Å². The molecular weight excluding hydrogens is 336 g/mol. The average Bonchev–Trinajstić information content (AvgIpc) is 2.99. The van der Waals surface area contributed by atoms with Gasteiger partial charge in [-0.2, -0.15) is 0 Å². The Morgan fingerprint density at radius 2 is 2.17 bits per heavy atom. The van der Waals surface area contributed by atoms with Crippen LogP contribution in [0, 0.1) is 6.92 Å². The molecule has 1 fully saturated rings. The summed E-state index contributed by atoms with van der Waals surface area (Å²) in [5.74, 6) is 0.544. The van der Waals surface area contributed by atoms with Gasteiger partial charge in [0, 0.05) is 18.8 Å². The van der Waals surface area contributed by atoms with Gasteiger partial charge in [-0.1, -0.05) is 11.6 Å². The molecule has 1 aliphatic heterocycles. The molecule has 3 rings (SSSR count). The SMILES string of the molecule is Cc1cc(CNC(=O)c2ccc(Cl)s2)nc(N2CCOCC2)n1. The standard InChI is InChI=1S/C15H17ClN4O2S/c1-10-8-11(9-17-14(21)12-2-3-13(16)23-12)19-15(18-10)20-4-6-22-7-5-20/h2-3,8H,4-7,9H2,1H3,(H,17,21). The van der Waals surface area contributed by atoms with Crippen LogP contribution in [-0.2, 0) is 11.3 Å². The number of aromatic nitrogens is 2. The summed E-state index contributed by atoms with van der Waals surface area (Å²) < 4.78 is 5.95. The average molecular weight is 353 g/mol. The number of aryl methyl sites for hydroxylation is 1. The van der Waals surface area contributed by atoms with Crippen molar-refractivity contribution < 1.29 is 9.53 Å². The molecule has 1 amide bonds. The number of hydrogen-bond acceptors (Lipinski definition) is 6. The molecule has 6 nitrogen and oxygen atoms in total. The highest BCUT2D eigenvalue weighted by molar-refractivity contribution is 7.17. The molecule has 1 aliphatic rings. The molecule has 0 saturated carbocycles. The van der Waals surface area contributed by atoms with Crippen LogP contribution in [0.2, 0.25) is 4.34 Å². The Hall–Kier alpha value is -1.70. The summed E-state index contributed by atoms with van der Waals surface area (Å²) in [6, 6.07) is 5.31. The fourth-order valence-corrected chi connectivity index (χ4v) is 3.27. The normalized spacial score (nSPS) is 14.8. The number of morpholine rings is 1. The molecule has 122 valence electrons. The van der Waals surface area contributed by atoms with E-state index < -0.39 is 0 Å². The van der Waals surface area contributed by atoms with E-state index in [9.17, 15) is 4.79 Å². The van der Waals surface area contributed by atoms with Gasteiger partial charge in [-0.3, -0.25) is 4.79 Å². The van der Waals surface area contributed by atoms with Crippen LogP contribution < -0.4 is 10.2 Å². The third-order valence-electron chi connectivity index (χ3n) is 3.42. The van der Waals surface area contributed by atoms with Gasteiger partial charge < -0.3 is 15.0 Å². The first-order chi connectivity index (χ1) is 11.1. The zero-order valence-electron chi connectivity index (χ0n) is 12.7. The van der Waals surface area contributed by atoms with Crippen molar-refractivity contribution >= 4 is 34.8 Å². The molecule has 0 bridgehead atoms. The largest absolute Gasteiger partial charge is 0.378 e. The molecule has 0 spiro atoms. The fraction of sp³-hybridized carbons (Fsp3) is 0.400. The van der Waals surface area contributed by atoms with Gasteiger partial charge in [0.2, 0.25) is 5.95 Å². The van der Waals surface area contributed by atoms with Crippen LogP contribution in [0.3, 0.4) is 0 Å². The van der Waals surface area contributed by atoms with Crippen LogP contribution in [0.25, 0.3) is 0 Å². The van der Waals surface area contributed by atoms with E-state index in [-0.39, 0.29) is 5.91 Å². The predicted molar refractivity (Wildman–Crippen MR) is 90.3 cm³/mol.